The number of nitriles is 1. The maximum absolute atomic E-state index is 12.9. The van der Waals surface area contributed by atoms with Gasteiger partial charge in [0.2, 0.25) is 0 Å². The molecular formula is C17H24N4O2. The first-order valence-electron chi connectivity index (χ1n) is 8.22. The van der Waals surface area contributed by atoms with E-state index in [1.165, 1.54) is 12.8 Å². The van der Waals surface area contributed by atoms with Crippen molar-refractivity contribution in [1.82, 2.24) is 14.4 Å². The monoisotopic (exact) mass is 316 g/mol. The van der Waals surface area contributed by atoms with Crippen molar-refractivity contribution >= 4 is 5.91 Å². The van der Waals surface area contributed by atoms with Gasteiger partial charge in [-0.25, -0.2) is 0 Å². The predicted molar refractivity (Wildman–Crippen MR) is 86.0 cm³/mol. The Hall–Kier alpha value is -1.84. The third-order valence-electron chi connectivity index (χ3n) is 4.58. The van der Waals surface area contributed by atoms with Gasteiger partial charge in [0, 0.05) is 39.4 Å². The molecule has 3 rings (SSSR count). The summed E-state index contributed by atoms with van der Waals surface area (Å²) in [5, 5.41) is 9.03. The summed E-state index contributed by atoms with van der Waals surface area (Å²) in [7, 11) is 3.90. The third-order valence-corrected chi connectivity index (χ3v) is 4.58. The van der Waals surface area contributed by atoms with Gasteiger partial charge < -0.3 is 19.1 Å². The second kappa shape index (κ2) is 6.73. The summed E-state index contributed by atoms with van der Waals surface area (Å²) in [6, 6.07) is 3.78. The number of likely N-dealkylation sites (N-methyl/N-ethyl adjacent to an activating group) is 1. The molecule has 1 unspecified atom stereocenters. The van der Waals surface area contributed by atoms with E-state index in [9.17, 15) is 4.79 Å². The summed E-state index contributed by atoms with van der Waals surface area (Å²) >= 11 is 0. The number of hydrogen-bond donors (Lipinski definition) is 0. The summed E-state index contributed by atoms with van der Waals surface area (Å²) in [5.74, 6) is 0.619. The van der Waals surface area contributed by atoms with E-state index in [1.54, 1.807) is 16.8 Å². The molecule has 0 radical (unpaired) electrons. The Labute approximate surface area is 137 Å². The maximum atomic E-state index is 12.9. The van der Waals surface area contributed by atoms with Crippen LogP contribution in [0, 0.1) is 17.2 Å². The number of hydrogen-bond acceptors (Lipinski definition) is 4. The van der Waals surface area contributed by atoms with E-state index in [4.69, 9.17) is 10.00 Å². The molecule has 1 aliphatic carbocycles. The molecular weight excluding hydrogens is 292 g/mol. The Kier molecular flexibility index (Phi) is 4.69. The highest BCUT2D eigenvalue weighted by atomic mass is 16.5. The highest BCUT2D eigenvalue weighted by Gasteiger charge is 2.31. The standard InChI is InChI=1S/C17H24N4O2/c1-19-5-6-23-15(11-19)12-21(10-13-3-4-13)17(22)16-7-14(8-18)9-20(16)2/h7,9,13,15H,3-6,10-12H2,1-2H3. The second-order valence-corrected chi connectivity index (χ2v) is 6.75. The van der Waals surface area contributed by atoms with Gasteiger partial charge in [-0.05, 0) is 31.9 Å². The van der Waals surface area contributed by atoms with Crippen molar-refractivity contribution in [1.29, 1.82) is 5.26 Å². The minimum Gasteiger partial charge on any atom is -0.374 e. The Morgan fingerprint density at radius 3 is 2.83 bits per heavy atom. The van der Waals surface area contributed by atoms with E-state index in [2.05, 4.69) is 18.0 Å². The molecule has 2 heterocycles. The Morgan fingerprint density at radius 2 is 2.22 bits per heavy atom. The van der Waals surface area contributed by atoms with Gasteiger partial charge in [-0.3, -0.25) is 4.79 Å². The molecule has 6 nitrogen and oxygen atoms in total. The zero-order valence-corrected chi connectivity index (χ0v) is 13.9. The van der Waals surface area contributed by atoms with Crippen LogP contribution in [0.3, 0.4) is 0 Å². The summed E-state index contributed by atoms with van der Waals surface area (Å²) < 4.78 is 7.57. The molecule has 0 aromatic carbocycles. The van der Waals surface area contributed by atoms with Crippen LogP contribution in [0.15, 0.2) is 12.3 Å². The summed E-state index contributed by atoms with van der Waals surface area (Å²) in [4.78, 5) is 17.1. The van der Waals surface area contributed by atoms with E-state index in [0.717, 1.165) is 26.2 Å². The lowest BCUT2D eigenvalue weighted by atomic mass is 10.2. The van der Waals surface area contributed by atoms with Gasteiger partial charge >= 0.3 is 0 Å². The average molecular weight is 316 g/mol. The van der Waals surface area contributed by atoms with Crippen molar-refractivity contribution in [2.75, 3.05) is 39.8 Å². The highest BCUT2D eigenvalue weighted by Crippen LogP contribution is 2.30. The van der Waals surface area contributed by atoms with E-state index < -0.39 is 0 Å². The van der Waals surface area contributed by atoms with Crippen LogP contribution < -0.4 is 0 Å². The van der Waals surface area contributed by atoms with Crippen LogP contribution in [-0.4, -0.2) is 66.2 Å². The van der Waals surface area contributed by atoms with Gasteiger partial charge in [0.25, 0.3) is 5.91 Å². The van der Waals surface area contributed by atoms with Gasteiger partial charge in [0.1, 0.15) is 11.8 Å². The maximum Gasteiger partial charge on any atom is 0.270 e. The number of aromatic nitrogens is 1. The van der Waals surface area contributed by atoms with E-state index in [-0.39, 0.29) is 12.0 Å². The van der Waals surface area contributed by atoms with E-state index in [1.807, 2.05) is 11.9 Å². The van der Waals surface area contributed by atoms with Crippen molar-refractivity contribution in [3.05, 3.63) is 23.5 Å². The molecule has 0 bridgehead atoms. The van der Waals surface area contributed by atoms with Crippen LogP contribution >= 0.6 is 0 Å². The predicted octanol–water partition coefficient (Wildman–Crippen LogP) is 1.08. The summed E-state index contributed by atoms with van der Waals surface area (Å²) in [6.45, 7) is 3.92. The normalized spacial score (nSPS) is 21.9. The molecule has 1 atom stereocenters. The average Bonchev–Trinajstić information content (AvgIpc) is 3.26. The first-order valence-corrected chi connectivity index (χ1v) is 8.22. The number of aryl methyl sites for hydroxylation is 1. The molecule has 1 aliphatic heterocycles. The molecule has 1 aromatic rings. The Morgan fingerprint density at radius 1 is 1.43 bits per heavy atom. The molecule has 2 fully saturated rings. The van der Waals surface area contributed by atoms with Crippen LogP contribution in [0.2, 0.25) is 0 Å². The molecule has 23 heavy (non-hydrogen) atoms. The van der Waals surface area contributed by atoms with Crippen LogP contribution in [0.1, 0.15) is 28.9 Å². The number of rotatable bonds is 5. The van der Waals surface area contributed by atoms with Crippen molar-refractivity contribution in [2.24, 2.45) is 13.0 Å². The Balaban J connectivity index is 1.73. The number of nitrogens with zero attached hydrogens (tertiary/aromatic N) is 4. The van der Waals surface area contributed by atoms with Gasteiger partial charge in [-0.15, -0.1) is 0 Å². The molecule has 6 heteroatoms. The number of carbonyl (C=O) groups excluding carboxylic acids is 1. The number of amides is 1. The smallest absolute Gasteiger partial charge is 0.270 e. The number of carbonyl (C=O) groups is 1. The van der Waals surface area contributed by atoms with Gasteiger partial charge in [0.15, 0.2) is 0 Å². The van der Waals surface area contributed by atoms with Crippen LogP contribution in [-0.2, 0) is 11.8 Å². The zero-order valence-electron chi connectivity index (χ0n) is 13.9. The minimum absolute atomic E-state index is 0.00211. The molecule has 0 spiro atoms. The number of morpholine rings is 1. The molecule has 1 aromatic heterocycles. The molecule has 1 saturated carbocycles. The zero-order chi connectivity index (χ0) is 16.4. The molecule has 2 aliphatic rings. The fourth-order valence-electron chi connectivity index (χ4n) is 3.08. The summed E-state index contributed by atoms with van der Waals surface area (Å²) in [6.07, 6.45) is 4.16. The first-order chi connectivity index (χ1) is 11.1. The fourth-order valence-corrected chi connectivity index (χ4v) is 3.08. The van der Waals surface area contributed by atoms with Gasteiger partial charge in [0.05, 0.1) is 18.3 Å². The Bertz CT molecular complexity index is 615. The van der Waals surface area contributed by atoms with Crippen LogP contribution in [0.4, 0.5) is 0 Å². The lowest BCUT2D eigenvalue weighted by Gasteiger charge is -2.34. The van der Waals surface area contributed by atoms with Crippen LogP contribution in [0.5, 0.6) is 0 Å². The first kappa shape index (κ1) is 16.0. The number of ether oxygens (including phenoxy) is 1. The fraction of sp³-hybridized carbons (Fsp3) is 0.647. The molecule has 124 valence electrons. The second-order valence-electron chi connectivity index (χ2n) is 6.75. The lowest BCUT2D eigenvalue weighted by Crippen LogP contribution is -2.48. The highest BCUT2D eigenvalue weighted by molar-refractivity contribution is 5.93. The molecule has 0 N–H and O–H groups in total. The van der Waals surface area contributed by atoms with Crippen molar-refractivity contribution in [3.8, 4) is 6.07 Å². The van der Waals surface area contributed by atoms with E-state index >= 15 is 0 Å². The largest absolute Gasteiger partial charge is 0.374 e. The van der Waals surface area contributed by atoms with Crippen molar-refractivity contribution < 1.29 is 9.53 Å². The molecule has 1 amide bonds. The third kappa shape index (κ3) is 3.92. The quantitative estimate of drug-likeness (QED) is 0.815. The SMILES string of the molecule is CN1CCOC(CN(CC2CC2)C(=O)c2cc(C#N)cn2C)C1. The van der Waals surface area contributed by atoms with Crippen molar-refractivity contribution in [3.63, 3.8) is 0 Å². The molecule has 1 saturated heterocycles. The van der Waals surface area contributed by atoms with Gasteiger partial charge in [-0.2, -0.15) is 5.26 Å². The minimum atomic E-state index is -0.00211. The lowest BCUT2D eigenvalue weighted by molar-refractivity contribution is -0.0332. The van der Waals surface area contributed by atoms with Gasteiger partial charge in [-0.1, -0.05) is 0 Å². The van der Waals surface area contributed by atoms with Crippen molar-refractivity contribution in [2.45, 2.75) is 18.9 Å². The summed E-state index contributed by atoms with van der Waals surface area (Å²) in [5.41, 5.74) is 1.10. The van der Waals surface area contributed by atoms with Crippen LogP contribution in [0.25, 0.3) is 0 Å². The van der Waals surface area contributed by atoms with E-state index in [0.29, 0.717) is 23.7 Å². The topological polar surface area (TPSA) is 61.5 Å².